The third-order valence-corrected chi connectivity index (χ3v) is 4.65. The van der Waals surface area contributed by atoms with Crippen LogP contribution < -0.4 is 5.32 Å². The van der Waals surface area contributed by atoms with Gasteiger partial charge in [-0.15, -0.1) is 0 Å². The number of piperidine rings is 1. The highest BCUT2D eigenvalue weighted by Gasteiger charge is 2.26. The number of likely N-dealkylation sites (tertiary alicyclic amines) is 1. The van der Waals surface area contributed by atoms with E-state index in [9.17, 15) is 9.90 Å². The first-order valence-corrected chi connectivity index (χ1v) is 8.32. The molecule has 1 aromatic rings. The maximum Gasteiger partial charge on any atom is 0.317 e. The van der Waals surface area contributed by atoms with Gasteiger partial charge in [-0.25, -0.2) is 4.79 Å². The molecule has 0 aliphatic carbocycles. The first-order valence-electron chi connectivity index (χ1n) is 8.32. The van der Waals surface area contributed by atoms with Gasteiger partial charge in [0.1, 0.15) is 0 Å². The van der Waals surface area contributed by atoms with Gasteiger partial charge in [-0.3, -0.25) is 0 Å². The third-order valence-electron chi connectivity index (χ3n) is 4.65. The molecular weight excluding hydrogens is 276 g/mol. The molecule has 22 heavy (non-hydrogen) atoms. The van der Waals surface area contributed by atoms with E-state index in [1.165, 1.54) is 0 Å². The van der Waals surface area contributed by atoms with Crippen LogP contribution in [0.5, 0.6) is 0 Å². The van der Waals surface area contributed by atoms with Crippen LogP contribution in [0.4, 0.5) is 4.79 Å². The minimum atomic E-state index is 0.0262. The van der Waals surface area contributed by atoms with Crippen molar-refractivity contribution >= 4 is 6.03 Å². The van der Waals surface area contributed by atoms with Crippen LogP contribution in [-0.2, 0) is 0 Å². The highest BCUT2D eigenvalue weighted by molar-refractivity contribution is 5.74. The summed E-state index contributed by atoms with van der Waals surface area (Å²) < 4.78 is 0. The monoisotopic (exact) mass is 304 g/mol. The molecule has 1 aromatic carbocycles. The number of amides is 2. The average molecular weight is 304 g/mol. The second kappa shape index (κ2) is 8.18. The van der Waals surface area contributed by atoms with Crippen molar-refractivity contribution in [3.8, 4) is 0 Å². The fourth-order valence-corrected chi connectivity index (χ4v) is 3.29. The van der Waals surface area contributed by atoms with Crippen molar-refractivity contribution in [3.63, 3.8) is 0 Å². The van der Waals surface area contributed by atoms with Gasteiger partial charge in [-0.1, -0.05) is 37.3 Å². The van der Waals surface area contributed by atoms with E-state index < -0.39 is 0 Å². The minimum Gasteiger partial charge on any atom is -0.396 e. The maximum absolute atomic E-state index is 12.4. The van der Waals surface area contributed by atoms with Crippen LogP contribution in [0.25, 0.3) is 0 Å². The number of benzene rings is 1. The van der Waals surface area contributed by atoms with E-state index >= 15 is 0 Å². The summed E-state index contributed by atoms with van der Waals surface area (Å²) in [5.74, 6) is 0.861. The molecule has 0 bridgehead atoms. The molecule has 0 saturated carbocycles. The van der Waals surface area contributed by atoms with Crippen LogP contribution in [0, 0.1) is 5.92 Å². The number of carbonyl (C=O) groups is 1. The van der Waals surface area contributed by atoms with Crippen LogP contribution >= 0.6 is 0 Å². The van der Waals surface area contributed by atoms with E-state index in [0.29, 0.717) is 24.9 Å². The molecule has 0 radical (unpaired) electrons. The number of hydrogen-bond donors (Lipinski definition) is 2. The van der Waals surface area contributed by atoms with Crippen LogP contribution in [0.3, 0.4) is 0 Å². The molecule has 3 atom stereocenters. The third kappa shape index (κ3) is 4.47. The lowest BCUT2D eigenvalue weighted by atomic mass is 9.93. The van der Waals surface area contributed by atoms with Crippen molar-refractivity contribution in [2.24, 2.45) is 5.92 Å². The molecular formula is C18H28N2O2. The largest absolute Gasteiger partial charge is 0.396 e. The van der Waals surface area contributed by atoms with Crippen LogP contribution in [-0.4, -0.2) is 41.8 Å². The minimum absolute atomic E-state index is 0.0262. The predicted octanol–water partition coefficient (Wildman–Crippen LogP) is 2.98. The van der Waals surface area contributed by atoms with Gasteiger partial charge in [0, 0.05) is 31.7 Å². The SMILES string of the molecule is CC1CCN(C(=O)NCC(CCO)c2ccccc2)C(C)C1. The molecule has 1 fully saturated rings. The van der Waals surface area contributed by atoms with Gasteiger partial charge >= 0.3 is 6.03 Å². The van der Waals surface area contributed by atoms with E-state index in [1.807, 2.05) is 23.1 Å². The van der Waals surface area contributed by atoms with Gasteiger partial charge in [0.15, 0.2) is 0 Å². The van der Waals surface area contributed by atoms with E-state index in [1.54, 1.807) is 0 Å². The van der Waals surface area contributed by atoms with E-state index in [-0.39, 0.29) is 18.6 Å². The second-order valence-corrected chi connectivity index (χ2v) is 6.48. The van der Waals surface area contributed by atoms with Gasteiger partial charge < -0.3 is 15.3 Å². The lowest BCUT2D eigenvalue weighted by molar-refractivity contribution is 0.139. The highest BCUT2D eigenvalue weighted by atomic mass is 16.3. The van der Waals surface area contributed by atoms with Crippen molar-refractivity contribution in [1.82, 2.24) is 10.2 Å². The summed E-state index contributed by atoms with van der Waals surface area (Å²) in [4.78, 5) is 14.4. The van der Waals surface area contributed by atoms with Gasteiger partial charge in [0.05, 0.1) is 0 Å². The van der Waals surface area contributed by atoms with Gasteiger partial charge in [-0.05, 0) is 37.7 Å². The second-order valence-electron chi connectivity index (χ2n) is 6.48. The molecule has 1 aliphatic heterocycles. The molecule has 0 spiro atoms. The van der Waals surface area contributed by atoms with Crippen LogP contribution in [0.15, 0.2) is 30.3 Å². The molecule has 1 heterocycles. The Balaban J connectivity index is 1.90. The zero-order valence-corrected chi connectivity index (χ0v) is 13.7. The maximum atomic E-state index is 12.4. The Kier molecular flexibility index (Phi) is 6.25. The number of aliphatic hydroxyl groups is 1. The molecule has 2 rings (SSSR count). The van der Waals surface area contributed by atoms with E-state index in [4.69, 9.17) is 0 Å². The summed E-state index contributed by atoms with van der Waals surface area (Å²) in [6.07, 6.45) is 2.82. The summed E-state index contributed by atoms with van der Waals surface area (Å²) in [6.45, 7) is 5.91. The molecule has 3 unspecified atom stereocenters. The first-order chi connectivity index (χ1) is 10.6. The van der Waals surface area contributed by atoms with Crippen LogP contribution in [0.2, 0.25) is 0 Å². The zero-order chi connectivity index (χ0) is 15.9. The fraction of sp³-hybridized carbons (Fsp3) is 0.611. The zero-order valence-electron chi connectivity index (χ0n) is 13.7. The summed E-state index contributed by atoms with van der Waals surface area (Å²) >= 11 is 0. The Morgan fingerprint density at radius 3 is 2.73 bits per heavy atom. The number of carbonyl (C=O) groups excluding carboxylic acids is 1. The number of urea groups is 1. The quantitative estimate of drug-likeness (QED) is 0.878. The lowest BCUT2D eigenvalue weighted by Gasteiger charge is -2.36. The summed E-state index contributed by atoms with van der Waals surface area (Å²) in [7, 11) is 0. The lowest BCUT2D eigenvalue weighted by Crippen LogP contribution is -2.49. The van der Waals surface area contributed by atoms with Crippen molar-refractivity contribution in [2.75, 3.05) is 19.7 Å². The molecule has 122 valence electrons. The Bertz CT molecular complexity index is 463. The first kappa shape index (κ1) is 16.8. The fourth-order valence-electron chi connectivity index (χ4n) is 3.29. The number of hydrogen-bond acceptors (Lipinski definition) is 2. The Hall–Kier alpha value is -1.55. The van der Waals surface area contributed by atoms with Crippen molar-refractivity contribution in [1.29, 1.82) is 0 Å². The molecule has 1 saturated heterocycles. The van der Waals surface area contributed by atoms with E-state index in [0.717, 1.165) is 24.9 Å². The Labute approximate surface area is 133 Å². The number of rotatable bonds is 5. The van der Waals surface area contributed by atoms with Crippen molar-refractivity contribution in [2.45, 2.75) is 45.1 Å². The Morgan fingerprint density at radius 1 is 1.36 bits per heavy atom. The Morgan fingerprint density at radius 2 is 2.09 bits per heavy atom. The summed E-state index contributed by atoms with van der Waals surface area (Å²) in [5.41, 5.74) is 1.16. The van der Waals surface area contributed by atoms with Gasteiger partial charge in [0.2, 0.25) is 0 Å². The predicted molar refractivity (Wildman–Crippen MR) is 88.9 cm³/mol. The molecule has 2 amide bonds. The van der Waals surface area contributed by atoms with Gasteiger partial charge in [0.25, 0.3) is 0 Å². The standard InChI is InChI=1S/C18H28N2O2/c1-14-8-10-20(15(2)12-14)18(22)19-13-17(9-11-21)16-6-4-3-5-7-16/h3-7,14-15,17,21H,8-13H2,1-2H3,(H,19,22). The highest BCUT2D eigenvalue weighted by Crippen LogP contribution is 2.22. The number of aliphatic hydroxyl groups excluding tert-OH is 1. The van der Waals surface area contributed by atoms with Crippen molar-refractivity contribution in [3.05, 3.63) is 35.9 Å². The van der Waals surface area contributed by atoms with Gasteiger partial charge in [-0.2, -0.15) is 0 Å². The summed E-state index contributed by atoms with van der Waals surface area (Å²) in [5, 5.41) is 12.3. The average Bonchev–Trinajstić information content (AvgIpc) is 2.52. The van der Waals surface area contributed by atoms with E-state index in [2.05, 4.69) is 31.3 Å². The van der Waals surface area contributed by atoms with Crippen LogP contribution in [0.1, 0.15) is 44.6 Å². The topological polar surface area (TPSA) is 52.6 Å². The smallest absolute Gasteiger partial charge is 0.317 e. The summed E-state index contributed by atoms with van der Waals surface area (Å²) in [6, 6.07) is 10.4. The number of nitrogens with one attached hydrogen (secondary N) is 1. The molecule has 1 aliphatic rings. The van der Waals surface area contributed by atoms with Crippen molar-refractivity contribution < 1.29 is 9.90 Å². The molecule has 2 N–H and O–H groups in total. The number of nitrogens with zero attached hydrogens (tertiary/aromatic N) is 1. The molecule has 4 nitrogen and oxygen atoms in total. The molecule has 0 aromatic heterocycles. The normalized spacial score (nSPS) is 23.1. The molecule has 4 heteroatoms.